The van der Waals surface area contributed by atoms with E-state index < -0.39 is 22.9 Å². The van der Waals surface area contributed by atoms with E-state index in [1.807, 2.05) is 0 Å². The van der Waals surface area contributed by atoms with Crippen LogP contribution in [0.3, 0.4) is 0 Å². The number of nitrogens with one attached hydrogen (secondary N) is 1. The second-order valence-corrected chi connectivity index (χ2v) is 4.70. The fraction of sp³-hybridized carbons (Fsp3) is 0.467. The van der Waals surface area contributed by atoms with Gasteiger partial charge >= 0.3 is 11.7 Å². The smallest absolute Gasteiger partial charge is 0.339 e. The Morgan fingerprint density at radius 1 is 1.38 bits per heavy atom. The number of nitro benzene ring substituents is 1. The molecule has 1 aromatic rings. The number of nitrogens with zero attached hydrogens (tertiary/aromatic N) is 1. The summed E-state index contributed by atoms with van der Waals surface area (Å²) in [4.78, 5) is 34.2. The molecule has 24 heavy (non-hydrogen) atoms. The Bertz CT molecular complexity index is 603. The Hall–Kier alpha value is -2.68. The van der Waals surface area contributed by atoms with Gasteiger partial charge in [-0.2, -0.15) is 0 Å². The quantitative estimate of drug-likeness (QED) is 0.311. The highest BCUT2D eigenvalue weighted by molar-refractivity contribution is 5.93. The van der Waals surface area contributed by atoms with Gasteiger partial charge in [0.15, 0.2) is 11.9 Å². The first-order valence-electron chi connectivity index (χ1n) is 7.29. The topological polar surface area (TPSA) is 117 Å². The molecule has 9 nitrogen and oxygen atoms in total. The molecule has 0 bridgehead atoms. The van der Waals surface area contributed by atoms with Crippen LogP contribution in [0.5, 0.6) is 5.75 Å². The summed E-state index contributed by atoms with van der Waals surface area (Å²) < 4.78 is 14.9. The molecule has 0 aliphatic heterocycles. The number of carbonyl (C=O) groups is 2. The fourth-order valence-electron chi connectivity index (χ4n) is 1.77. The summed E-state index contributed by atoms with van der Waals surface area (Å²) in [5, 5.41) is 13.6. The highest BCUT2D eigenvalue weighted by Gasteiger charge is 2.22. The first kappa shape index (κ1) is 19.4. The molecule has 0 aromatic heterocycles. The number of ether oxygens (including phenoxy) is 3. The first-order chi connectivity index (χ1) is 11.4. The van der Waals surface area contributed by atoms with Crippen LogP contribution in [-0.4, -0.2) is 49.8 Å². The van der Waals surface area contributed by atoms with Crippen molar-refractivity contribution in [3.05, 3.63) is 33.9 Å². The number of carbonyl (C=O) groups excluding carboxylic acids is 2. The predicted molar refractivity (Wildman–Crippen MR) is 84.0 cm³/mol. The van der Waals surface area contributed by atoms with Crippen LogP contribution in [0.25, 0.3) is 0 Å². The highest BCUT2D eigenvalue weighted by Crippen LogP contribution is 2.28. The second kappa shape index (κ2) is 9.46. The van der Waals surface area contributed by atoms with Crippen molar-refractivity contribution in [2.24, 2.45) is 0 Å². The molecule has 0 radical (unpaired) electrons. The molecule has 0 heterocycles. The summed E-state index contributed by atoms with van der Waals surface area (Å²) in [5.74, 6) is -1.26. The van der Waals surface area contributed by atoms with Gasteiger partial charge in [-0.15, -0.1) is 0 Å². The Balaban J connectivity index is 2.78. The van der Waals surface area contributed by atoms with Crippen LogP contribution in [0.1, 0.15) is 24.2 Å². The van der Waals surface area contributed by atoms with Crippen LogP contribution in [0.2, 0.25) is 0 Å². The summed E-state index contributed by atoms with van der Waals surface area (Å²) in [7, 11) is 1.49. The maximum Gasteiger partial charge on any atom is 0.339 e. The van der Waals surface area contributed by atoms with Crippen molar-refractivity contribution in [2.75, 3.05) is 26.9 Å². The molecule has 0 unspecified atom stereocenters. The van der Waals surface area contributed by atoms with E-state index in [2.05, 4.69) is 5.32 Å². The Morgan fingerprint density at radius 3 is 2.67 bits per heavy atom. The molecule has 1 amide bonds. The number of methoxy groups -OCH3 is 1. The van der Waals surface area contributed by atoms with Crippen molar-refractivity contribution in [2.45, 2.75) is 20.0 Å². The average Bonchev–Trinajstić information content (AvgIpc) is 2.55. The average molecular weight is 340 g/mol. The minimum Gasteiger partial charge on any atom is -0.487 e. The van der Waals surface area contributed by atoms with Crippen LogP contribution in [0.4, 0.5) is 5.69 Å². The third-order valence-corrected chi connectivity index (χ3v) is 2.95. The molecular weight excluding hydrogens is 320 g/mol. The molecule has 0 spiro atoms. The van der Waals surface area contributed by atoms with Gasteiger partial charge in [-0.25, -0.2) is 4.79 Å². The zero-order valence-electron chi connectivity index (χ0n) is 13.7. The molecule has 1 atom stereocenters. The van der Waals surface area contributed by atoms with Crippen molar-refractivity contribution >= 4 is 17.6 Å². The number of hydrogen-bond acceptors (Lipinski definition) is 7. The molecular formula is C15H20N2O7. The van der Waals surface area contributed by atoms with Gasteiger partial charge in [0.2, 0.25) is 0 Å². The molecule has 1 aromatic carbocycles. The van der Waals surface area contributed by atoms with E-state index >= 15 is 0 Å². The summed E-state index contributed by atoms with van der Waals surface area (Å²) in [5.41, 5.74) is -0.384. The minimum absolute atomic E-state index is 0.0401. The Morgan fingerprint density at radius 2 is 2.08 bits per heavy atom. The number of benzene rings is 1. The largest absolute Gasteiger partial charge is 0.487 e. The Labute approximate surface area is 139 Å². The summed E-state index contributed by atoms with van der Waals surface area (Å²) in [6.07, 6.45) is -1.04. The maximum atomic E-state index is 12.0. The van der Waals surface area contributed by atoms with Gasteiger partial charge < -0.3 is 19.5 Å². The second-order valence-electron chi connectivity index (χ2n) is 4.70. The lowest BCUT2D eigenvalue weighted by Crippen LogP contribution is -2.37. The van der Waals surface area contributed by atoms with E-state index in [0.717, 1.165) is 6.07 Å². The monoisotopic (exact) mass is 340 g/mol. The van der Waals surface area contributed by atoms with Gasteiger partial charge in [0, 0.05) is 19.7 Å². The standard InChI is InChI=1S/C15H20N2O7/c1-4-23-13-6-5-11(9-12(13)17(20)21)15(19)24-10(2)14(18)16-7-8-22-3/h5-6,9-10H,4,7-8H2,1-3H3,(H,16,18)/t10-/m0/s1. The van der Waals surface area contributed by atoms with Crippen molar-refractivity contribution in [1.82, 2.24) is 5.32 Å². The van der Waals surface area contributed by atoms with Crippen molar-refractivity contribution in [1.29, 1.82) is 0 Å². The van der Waals surface area contributed by atoms with Crippen LogP contribution in [-0.2, 0) is 14.3 Å². The molecule has 0 saturated carbocycles. The van der Waals surface area contributed by atoms with Gasteiger partial charge in [0.25, 0.3) is 5.91 Å². The van der Waals surface area contributed by atoms with Crippen molar-refractivity contribution in [3.8, 4) is 5.75 Å². The molecule has 0 aliphatic rings. The molecule has 0 saturated heterocycles. The first-order valence-corrected chi connectivity index (χ1v) is 7.29. The summed E-state index contributed by atoms with van der Waals surface area (Å²) in [6, 6.07) is 3.72. The van der Waals surface area contributed by atoms with Gasteiger partial charge in [-0.05, 0) is 26.0 Å². The van der Waals surface area contributed by atoms with Crippen molar-refractivity contribution in [3.63, 3.8) is 0 Å². The summed E-state index contributed by atoms with van der Waals surface area (Å²) in [6.45, 7) is 3.96. The molecule has 1 N–H and O–H groups in total. The van der Waals surface area contributed by atoms with Gasteiger partial charge in [0.1, 0.15) is 0 Å². The predicted octanol–water partition coefficient (Wildman–Crippen LogP) is 1.30. The van der Waals surface area contributed by atoms with Crippen LogP contribution in [0, 0.1) is 10.1 Å². The zero-order chi connectivity index (χ0) is 18.1. The number of hydrogen-bond donors (Lipinski definition) is 1. The van der Waals surface area contributed by atoms with Gasteiger partial charge in [-0.3, -0.25) is 14.9 Å². The number of amides is 1. The van der Waals surface area contributed by atoms with Crippen LogP contribution < -0.4 is 10.1 Å². The zero-order valence-corrected chi connectivity index (χ0v) is 13.7. The normalized spacial score (nSPS) is 11.5. The Kier molecular flexibility index (Phi) is 7.63. The third-order valence-electron chi connectivity index (χ3n) is 2.95. The van der Waals surface area contributed by atoms with E-state index in [4.69, 9.17) is 14.2 Å². The number of nitro groups is 1. The lowest BCUT2D eigenvalue weighted by Gasteiger charge is -2.13. The van der Waals surface area contributed by atoms with E-state index in [9.17, 15) is 19.7 Å². The molecule has 132 valence electrons. The molecule has 0 aliphatic carbocycles. The molecule has 0 fully saturated rings. The lowest BCUT2D eigenvalue weighted by molar-refractivity contribution is -0.385. The van der Waals surface area contributed by atoms with Crippen LogP contribution in [0.15, 0.2) is 18.2 Å². The maximum absolute atomic E-state index is 12.0. The van der Waals surface area contributed by atoms with E-state index in [-0.39, 0.29) is 30.2 Å². The van der Waals surface area contributed by atoms with Gasteiger partial charge in [-0.1, -0.05) is 0 Å². The third kappa shape index (κ3) is 5.51. The SMILES string of the molecule is CCOc1ccc(C(=O)O[C@@H](C)C(=O)NCCOC)cc1[N+](=O)[O-]. The fourth-order valence-corrected chi connectivity index (χ4v) is 1.77. The minimum atomic E-state index is -1.04. The summed E-state index contributed by atoms with van der Waals surface area (Å²) >= 11 is 0. The van der Waals surface area contributed by atoms with E-state index in [0.29, 0.717) is 6.61 Å². The van der Waals surface area contributed by atoms with E-state index in [1.165, 1.54) is 26.2 Å². The van der Waals surface area contributed by atoms with E-state index in [1.54, 1.807) is 6.92 Å². The van der Waals surface area contributed by atoms with Gasteiger partial charge in [0.05, 0.1) is 23.7 Å². The highest BCUT2D eigenvalue weighted by atomic mass is 16.6. The number of rotatable bonds is 9. The van der Waals surface area contributed by atoms with Crippen molar-refractivity contribution < 1.29 is 28.7 Å². The molecule has 1 rings (SSSR count). The van der Waals surface area contributed by atoms with Crippen LogP contribution >= 0.6 is 0 Å². The lowest BCUT2D eigenvalue weighted by atomic mass is 10.2. The molecule has 9 heteroatoms. The number of esters is 1.